The third-order valence-electron chi connectivity index (χ3n) is 4.14. The first-order valence-electron chi connectivity index (χ1n) is 8.67. The van der Waals surface area contributed by atoms with E-state index in [9.17, 15) is 14.4 Å². The molecule has 26 heavy (non-hydrogen) atoms. The summed E-state index contributed by atoms with van der Waals surface area (Å²) in [4.78, 5) is 39.6. The molecule has 2 atom stereocenters. The lowest BCUT2D eigenvalue weighted by molar-refractivity contribution is -0.124. The zero-order chi connectivity index (χ0) is 19.1. The molecule has 1 aromatic rings. The van der Waals surface area contributed by atoms with Crippen LogP contribution in [0.4, 0.5) is 10.6 Å². The fourth-order valence-electron chi connectivity index (χ4n) is 2.61. The summed E-state index contributed by atoms with van der Waals surface area (Å²) in [5, 5.41) is 11.0. The van der Waals surface area contributed by atoms with E-state index in [1.807, 2.05) is 13.8 Å². The third kappa shape index (κ3) is 5.91. The molecular formula is C17H26N6O3. The van der Waals surface area contributed by atoms with Crippen molar-refractivity contribution in [1.29, 1.82) is 0 Å². The molecule has 2 heterocycles. The van der Waals surface area contributed by atoms with Crippen LogP contribution in [0, 0.1) is 5.92 Å². The molecule has 0 bridgehead atoms. The molecule has 142 valence electrons. The molecule has 0 saturated carbocycles. The Kier molecular flexibility index (Phi) is 6.76. The van der Waals surface area contributed by atoms with E-state index in [2.05, 4.69) is 26.3 Å². The van der Waals surface area contributed by atoms with Gasteiger partial charge in [-0.05, 0) is 24.0 Å². The second-order valence-electron chi connectivity index (χ2n) is 6.69. The molecule has 9 heteroatoms. The van der Waals surface area contributed by atoms with Crippen molar-refractivity contribution in [2.45, 2.75) is 45.3 Å². The fourth-order valence-corrected chi connectivity index (χ4v) is 2.61. The van der Waals surface area contributed by atoms with Crippen molar-refractivity contribution in [3.63, 3.8) is 0 Å². The fraction of sp³-hybridized carbons (Fsp3) is 0.529. The molecule has 0 radical (unpaired) electrons. The molecule has 0 spiro atoms. The van der Waals surface area contributed by atoms with Gasteiger partial charge in [-0.25, -0.2) is 9.78 Å². The highest BCUT2D eigenvalue weighted by molar-refractivity contribution is 5.87. The summed E-state index contributed by atoms with van der Waals surface area (Å²) >= 11 is 0. The number of amides is 4. The van der Waals surface area contributed by atoms with Crippen LogP contribution in [-0.2, 0) is 16.1 Å². The Balaban J connectivity index is 1.79. The topological polar surface area (TPSA) is 138 Å². The number of hydrogen-bond acceptors (Lipinski definition) is 5. The number of nitrogen functional groups attached to an aromatic ring is 1. The number of urea groups is 1. The Morgan fingerprint density at radius 2 is 2.12 bits per heavy atom. The van der Waals surface area contributed by atoms with Crippen LogP contribution >= 0.6 is 0 Å². The molecule has 1 aromatic heterocycles. The Bertz CT molecular complexity index is 646. The van der Waals surface area contributed by atoms with E-state index in [0.717, 1.165) is 5.56 Å². The summed E-state index contributed by atoms with van der Waals surface area (Å²) in [5.74, 6) is 0.0510. The summed E-state index contributed by atoms with van der Waals surface area (Å²) in [6.45, 7) is 4.34. The van der Waals surface area contributed by atoms with Gasteiger partial charge in [0, 0.05) is 31.7 Å². The first kappa shape index (κ1) is 19.5. The normalized spacial score (nSPS) is 17.5. The maximum atomic E-state index is 12.4. The van der Waals surface area contributed by atoms with Crippen molar-refractivity contribution in [3.8, 4) is 0 Å². The van der Waals surface area contributed by atoms with Gasteiger partial charge in [0.25, 0.3) is 0 Å². The van der Waals surface area contributed by atoms with Gasteiger partial charge in [0.2, 0.25) is 11.8 Å². The Labute approximate surface area is 152 Å². The highest BCUT2D eigenvalue weighted by Gasteiger charge is 2.26. The lowest BCUT2D eigenvalue weighted by atomic mass is 10.0. The quantitative estimate of drug-likeness (QED) is 0.460. The van der Waals surface area contributed by atoms with Gasteiger partial charge in [0.15, 0.2) is 0 Å². The number of carbonyl (C=O) groups excluding carboxylic acids is 3. The van der Waals surface area contributed by atoms with Crippen molar-refractivity contribution >= 4 is 23.7 Å². The van der Waals surface area contributed by atoms with Crippen molar-refractivity contribution < 1.29 is 14.4 Å². The largest absolute Gasteiger partial charge is 0.384 e. The molecule has 4 amide bonds. The second kappa shape index (κ2) is 9.02. The van der Waals surface area contributed by atoms with Crippen LogP contribution in [0.5, 0.6) is 0 Å². The van der Waals surface area contributed by atoms with Crippen LogP contribution in [0.3, 0.4) is 0 Å². The minimum atomic E-state index is -0.670. The third-order valence-corrected chi connectivity index (χ3v) is 4.14. The van der Waals surface area contributed by atoms with E-state index >= 15 is 0 Å². The predicted octanol–water partition coefficient (Wildman–Crippen LogP) is -0.118. The van der Waals surface area contributed by atoms with E-state index < -0.39 is 12.1 Å². The molecule has 9 nitrogen and oxygen atoms in total. The van der Waals surface area contributed by atoms with Crippen LogP contribution in [0.25, 0.3) is 0 Å². The van der Waals surface area contributed by atoms with Crippen LogP contribution in [-0.4, -0.2) is 41.5 Å². The standard InChI is InChI=1S/C17H26N6O3/c1-10(2)15(16(25)20-9-12-4-6-14(24)22-12)23-17(26)21-8-11-3-5-13(18)19-7-11/h3,5,7,10,12,15H,4,6,8-9H2,1-2H3,(H2,18,19)(H,20,25)(H,22,24)(H2,21,23,26). The van der Waals surface area contributed by atoms with Crippen molar-refractivity contribution in [3.05, 3.63) is 23.9 Å². The van der Waals surface area contributed by atoms with Gasteiger partial charge >= 0.3 is 6.03 Å². The van der Waals surface area contributed by atoms with Gasteiger partial charge in [-0.2, -0.15) is 0 Å². The van der Waals surface area contributed by atoms with Crippen LogP contribution in [0.15, 0.2) is 18.3 Å². The minimum Gasteiger partial charge on any atom is -0.384 e. The molecular weight excluding hydrogens is 336 g/mol. The summed E-state index contributed by atoms with van der Waals surface area (Å²) in [6.07, 6.45) is 2.77. The molecule has 2 unspecified atom stereocenters. The van der Waals surface area contributed by atoms with Gasteiger partial charge in [0.05, 0.1) is 0 Å². The zero-order valence-electron chi connectivity index (χ0n) is 15.0. The van der Waals surface area contributed by atoms with Gasteiger partial charge in [-0.15, -0.1) is 0 Å². The van der Waals surface area contributed by atoms with Crippen LogP contribution in [0.1, 0.15) is 32.3 Å². The second-order valence-corrected chi connectivity index (χ2v) is 6.69. The Morgan fingerprint density at radius 3 is 2.69 bits per heavy atom. The van der Waals surface area contributed by atoms with Crippen molar-refractivity contribution in [2.75, 3.05) is 12.3 Å². The molecule has 1 saturated heterocycles. The molecule has 0 aromatic carbocycles. The number of anilines is 1. The maximum Gasteiger partial charge on any atom is 0.315 e. The Hall–Kier alpha value is -2.84. The van der Waals surface area contributed by atoms with E-state index in [1.54, 1.807) is 18.3 Å². The molecule has 0 aliphatic carbocycles. The number of rotatable bonds is 7. The number of aromatic nitrogens is 1. The van der Waals surface area contributed by atoms with E-state index in [1.165, 1.54) is 0 Å². The lowest BCUT2D eigenvalue weighted by Crippen LogP contribution is -2.53. The lowest BCUT2D eigenvalue weighted by Gasteiger charge is -2.23. The minimum absolute atomic E-state index is 0.000630. The maximum absolute atomic E-state index is 12.4. The average molecular weight is 362 g/mol. The number of nitrogens with two attached hydrogens (primary N) is 1. The zero-order valence-corrected chi connectivity index (χ0v) is 15.0. The summed E-state index contributed by atoms with van der Waals surface area (Å²) in [6, 6.07) is 2.26. The number of pyridine rings is 1. The monoisotopic (exact) mass is 362 g/mol. The predicted molar refractivity (Wildman–Crippen MR) is 96.8 cm³/mol. The average Bonchev–Trinajstić information content (AvgIpc) is 3.02. The summed E-state index contributed by atoms with van der Waals surface area (Å²) in [5.41, 5.74) is 6.32. The Morgan fingerprint density at radius 1 is 1.35 bits per heavy atom. The van der Waals surface area contributed by atoms with E-state index in [-0.39, 0.29) is 30.3 Å². The van der Waals surface area contributed by atoms with Gasteiger partial charge in [-0.1, -0.05) is 19.9 Å². The SMILES string of the molecule is CC(C)C(NC(=O)NCc1ccc(N)nc1)C(=O)NCC1CCC(=O)N1. The number of hydrogen-bond donors (Lipinski definition) is 5. The molecule has 1 aliphatic rings. The summed E-state index contributed by atoms with van der Waals surface area (Å²) in [7, 11) is 0. The highest BCUT2D eigenvalue weighted by Crippen LogP contribution is 2.07. The summed E-state index contributed by atoms with van der Waals surface area (Å²) < 4.78 is 0. The molecule has 1 aliphatic heterocycles. The van der Waals surface area contributed by atoms with Gasteiger partial charge in [-0.3, -0.25) is 9.59 Å². The van der Waals surface area contributed by atoms with Crippen molar-refractivity contribution in [2.24, 2.45) is 5.92 Å². The van der Waals surface area contributed by atoms with Gasteiger partial charge in [0.1, 0.15) is 11.9 Å². The molecule has 1 fully saturated rings. The highest BCUT2D eigenvalue weighted by atomic mass is 16.2. The van der Waals surface area contributed by atoms with Gasteiger partial charge < -0.3 is 27.0 Å². The molecule has 2 rings (SSSR count). The number of carbonyl (C=O) groups is 3. The first-order chi connectivity index (χ1) is 12.3. The number of nitrogens with zero attached hydrogens (tertiary/aromatic N) is 1. The van der Waals surface area contributed by atoms with E-state index in [0.29, 0.717) is 25.2 Å². The first-order valence-corrected chi connectivity index (χ1v) is 8.67. The van der Waals surface area contributed by atoms with E-state index in [4.69, 9.17) is 5.73 Å². The smallest absolute Gasteiger partial charge is 0.315 e. The van der Waals surface area contributed by atoms with Crippen LogP contribution in [0.2, 0.25) is 0 Å². The molecule has 6 N–H and O–H groups in total. The van der Waals surface area contributed by atoms with Crippen molar-refractivity contribution in [1.82, 2.24) is 26.3 Å². The number of nitrogens with one attached hydrogen (secondary N) is 4. The van der Waals surface area contributed by atoms with Crippen LogP contribution < -0.4 is 27.0 Å².